The number of methoxy groups -OCH3 is 1. The molecule has 1 aliphatic carbocycles. The van der Waals surface area contributed by atoms with Gasteiger partial charge in [0, 0.05) is 23.0 Å². The van der Waals surface area contributed by atoms with Crippen LogP contribution in [0.2, 0.25) is 0 Å². The van der Waals surface area contributed by atoms with Gasteiger partial charge in [-0.1, -0.05) is 0 Å². The molecule has 2 rings (SSSR count). The molecule has 21 heavy (non-hydrogen) atoms. The minimum absolute atomic E-state index is 0.0778. The molecule has 1 aromatic heterocycles. The average molecular weight is 376 g/mol. The first kappa shape index (κ1) is 16.5. The summed E-state index contributed by atoms with van der Waals surface area (Å²) in [6.07, 6.45) is 1.25. The first-order chi connectivity index (χ1) is 10.0. The maximum absolute atomic E-state index is 12.6. The summed E-state index contributed by atoms with van der Waals surface area (Å²) in [5, 5.41) is 11.1. The van der Waals surface area contributed by atoms with Crippen LogP contribution in [0.5, 0.6) is 0 Å². The van der Waals surface area contributed by atoms with Crippen molar-refractivity contribution in [2.24, 2.45) is 11.8 Å². The normalized spacial score (nSPS) is 20.9. The van der Waals surface area contributed by atoms with E-state index in [2.05, 4.69) is 15.9 Å². The molecule has 0 aromatic carbocycles. The molecular formula is C14H18BrNO4S. The van der Waals surface area contributed by atoms with Crippen LogP contribution in [0.15, 0.2) is 15.9 Å². The van der Waals surface area contributed by atoms with E-state index in [1.807, 2.05) is 11.4 Å². The molecule has 2 unspecified atom stereocenters. The summed E-state index contributed by atoms with van der Waals surface area (Å²) < 4.78 is 6.04. The van der Waals surface area contributed by atoms with Gasteiger partial charge in [0.1, 0.15) is 0 Å². The van der Waals surface area contributed by atoms with Gasteiger partial charge in [-0.3, -0.25) is 9.59 Å². The molecule has 116 valence electrons. The summed E-state index contributed by atoms with van der Waals surface area (Å²) in [6.45, 7) is 1.41. The smallest absolute Gasteiger partial charge is 0.307 e. The van der Waals surface area contributed by atoms with Crippen molar-refractivity contribution in [1.82, 2.24) is 4.90 Å². The highest BCUT2D eigenvalue weighted by Crippen LogP contribution is 2.36. The Morgan fingerprint density at radius 3 is 2.67 bits per heavy atom. The molecule has 1 aliphatic rings. The zero-order valence-corrected chi connectivity index (χ0v) is 14.2. The number of carboxylic acid groups (broad SMARTS) is 1. The van der Waals surface area contributed by atoms with Gasteiger partial charge in [-0.2, -0.15) is 0 Å². The maximum Gasteiger partial charge on any atom is 0.307 e. The number of carbonyl (C=O) groups is 2. The van der Waals surface area contributed by atoms with E-state index in [4.69, 9.17) is 9.84 Å². The van der Waals surface area contributed by atoms with Crippen LogP contribution in [-0.2, 0) is 20.9 Å². The van der Waals surface area contributed by atoms with Crippen molar-refractivity contribution in [3.05, 3.63) is 20.8 Å². The monoisotopic (exact) mass is 375 g/mol. The fourth-order valence-corrected chi connectivity index (χ4v) is 3.90. The van der Waals surface area contributed by atoms with Gasteiger partial charge in [0.25, 0.3) is 0 Å². The third kappa shape index (κ3) is 3.84. The van der Waals surface area contributed by atoms with Crippen LogP contribution < -0.4 is 0 Å². The molecule has 1 saturated carbocycles. The Morgan fingerprint density at radius 2 is 2.19 bits per heavy atom. The van der Waals surface area contributed by atoms with Crippen LogP contribution in [0.4, 0.5) is 0 Å². The van der Waals surface area contributed by atoms with Crippen LogP contribution >= 0.6 is 27.3 Å². The van der Waals surface area contributed by atoms with Crippen molar-refractivity contribution in [3.8, 4) is 0 Å². The Morgan fingerprint density at radius 1 is 1.48 bits per heavy atom. The van der Waals surface area contributed by atoms with Crippen molar-refractivity contribution in [2.75, 3.05) is 20.3 Å². The third-order valence-corrected chi connectivity index (χ3v) is 5.72. The van der Waals surface area contributed by atoms with Crippen molar-refractivity contribution in [3.63, 3.8) is 0 Å². The minimum Gasteiger partial charge on any atom is -0.481 e. The molecule has 2 atom stereocenters. The number of carbonyl (C=O) groups excluding carboxylic acids is 1. The molecule has 0 radical (unpaired) electrons. The maximum atomic E-state index is 12.6. The number of amides is 1. The lowest BCUT2D eigenvalue weighted by Crippen LogP contribution is -2.46. The van der Waals surface area contributed by atoms with Gasteiger partial charge >= 0.3 is 5.97 Å². The summed E-state index contributed by atoms with van der Waals surface area (Å²) >= 11 is 5.04. The fraction of sp³-hybridized carbons (Fsp3) is 0.571. The summed E-state index contributed by atoms with van der Waals surface area (Å²) in [7, 11) is 1.59. The number of thiophene rings is 1. The molecule has 1 fully saturated rings. The van der Waals surface area contributed by atoms with E-state index in [0.717, 1.165) is 9.35 Å². The van der Waals surface area contributed by atoms with Gasteiger partial charge in [0.05, 0.1) is 25.0 Å². The highest BCUT2D eigenvalue weighted by molar-refractivity contribution is 9.10. The lowest BCUT2D eigenvalue weighted by atomic mass is 9.73. The number of nitrogens with zero attached hydrogens (tertiary/aromatic N) is 1. The van der Waals surface area contributed by atoms with Crippen molar-refractivity contribution >= 4 is 39.1 Å². The van der Waals surface area contributed by atoms with Gasteiger partial charge in [-0.05, 0) is 40.2 Å². The lowest BCUT2D eigenvalue weighted by Gasteiger charge is -2.36. The van der Waals surface area contributed by atoms with Gasteiger partial charge in [-0.15, -0.1) is 11.3 Å². The van der Waals surface area contributed by atoms with Crippen LogP contribution in [0.1, 0.15) is 17.7 Å². The van der Waals surface area contributed by atoms with Crippen LogP contribution in [0.3, 0.4) is 0 Å². The summed E-state index contributed by atoms with van der Waals surface area (Å²) in [6, 6.07) is 1.95. The first-order valence-electron chi connectivity index (χ1n) is 6.77. The number of halogens is 1. The molecule has 1 amide bonds. The predicted octanol–water partition coefficient (Wildman–Crippen LogP) is 2.60. The number of aliphatic carboxylic acids is 1. The second-order valence-electron chi connectivity index (χ2n) is 5.07. The lowest BCUT2D eigenvalue weighted by molar-refractivity contribution is -0.157. The fourth-order valence-electron chi connectivity index (χ4n) is 2.41. The molecule has 0 bridgehead atoms. The highest BCUT2D eigenvalue weighted by atomic mass is 79.9. The van der Waals surface area contributed by atoms with Gasteiger partial charge in [-0.25, -0.2) is 0 Å². The SMILES string of the molecule is COCCN(Cc1sccc1Br)C(=O)C1CCC1C(=O)O. The average Bonchev–Trinajstić information content (AvgIpc) is 2.77. The third-order valence-electron chi connectivity index (χ3n) is 3.81. The Kier molecular flexibility index (Phi) is 5.78. The second kappa shape index (κ2) is 7.38. The summed E-state index contributed by atoms with van der Waals surface area (Å²) in [5.74, 6) is -1.87. The molecule has 0 aliphatic heterocycles. The molecule has 1 heterocycles. The minimum atomic E-state index is -0.872. The van der Waals surface area contributed by atoms with Crippen molar-refractivity contribution in [2.45, 2.75) is 19.4 Å². The Bertz CT molecular complexity index is 519. The van der Waals surface area contributed by atoms with E-state index in [1.165, 1.54) is 0 Å². The largest absolute Gasteiger partial charge is 0.481 e. The second-order valence-corrected chi connectivity index (χ2v) is 6.93. The molecule has 5 nitrogen and oxygen atoms in total. The van der Waals surface area contributed by atoms with Gasteiger partial charge in [0.15, 0.2) is 0 Å². The number of carboxylic acids is 1. The molecule has 1 N–H and O–H groups in total. The first-order valence-corrected chi connectivity index (χ1v) is 8.44. The molecule has 0 saturated heterocycles. The van der Waals surface area contributed by atoms with Gasteiger partial charge < -0.3 is 14.7 Å². The Hall–Kier alpha value is -0.920. The number of ether oxygens (including phenoxy) is 1. The predicted molar refractivity (Wildman–Crippen MR) is 83.2 cm³/mol. The van der Waals surface area contributed by atoms with Crippen LogP contribution in [-0.4, -0.2) is 42.1 Å². The standard InChI is InChI=1S/C14H18BrNO4S/c1-20-6-5-16(8-12-11(15)4-7-21-12)13(17)9-2-3-10(9)14(18)19/h4,7,9-10H,2-3,5-6,8H2,1H3,(H,18,19). The van der Waals surface area contributed by atoms with Gasteiger partial charge in [0.2, 0.25) is 5.91 Å². The van der Waals surface area contributed by atoms with E-state index >= 15 is 0 Å². The van der Waals surface area contributed by atoms with Crippen molar-refractivity contribution in [1.29, 1.82) is 0 Å². The Labute approximate surface area is 136 Å². The molecule has 0 spiro atoms. The van der Waals surface area contributed by atoms with E-state index in [-0.39, 0.29) is 5.91 Å². The highest BCUT2D eigenvalue weighted by Gasteiger charge is 2.43. The topological polar surface area (TPSA) is 66.8 Å². The molecular weight excluding hydrogens is 358 g/mol. The molecule has 7 heteroatoms. The number of hydrogen-bond donors (Lipinski definition) is 1. The zero-order valence-electron chi connectivity index (χ0n) is 11.8. The number of rotatable bonds is 7. The van der Waals surface area contributed by atoms with E-state index in [0.29, 0.717) is 32.5 Å². The van der Waals surface area contributed by atoms with Crippen molar-refractivity contribution < 1.29 is 19.4 Å². The zero-order chi connectivity index (χ0) is 15.4. The van der Waals surface area contributed by atoms with E-state index in [1.54, 1.807) is 23.3 Å². The van der Waals surface area contributed by atoms with Crippen LogP contribution in [0, 0.1) is 11.8 Å². The van der Waals surface area contributed by atoms with E-state index in [9.17, 15) is 9.59 Å². The quantitative estimate of drug-likeness (QED) is 0.795. The molecule has 1 aromatic rings. The summed E-state index contributed by atoms with van der Waals surface area (Å²) in [5.41, 5.74) is 0. The van der Waals surface area contributed by atoms with E-state index < -0.39 is 17.8 Å². The van der Waals surface area contributed by atoms with Crippen LogP contribution in [0.25, 0.3) is 0 Å². The number of hydrogen-bond acceptors (Lipinski definition) is 4. The summed E-state index contributed by atoms with van der Waals surface area (Å²) in [4.78, 5) is 26.5. The Balaban J connectivity index is 2.06.